The molecule has 0 radical (unpaired) electrons. The summed E-state index contributed by atoms with van der Waals surface area (Å²) in [5.74, 6) is 2.61. The Morgan fingerprint density at radius 2 is 2.00 bits per heavy atom. The van der Waals surface area contributed by atoms with Gasteiger partial charge < -0.3 is 5.11 Å². The first-order valence-corrected chi connectivity index (χ1v) is 8.90. The van der Waals surface area contributed by atoms with E-state index in [9.17, 15) is 5.11 Å². The van der Waals surface area contributed by atoms with E-state index in [1.54, 1.807) is 5.57 Å². The van der Waals surface area contributed by atoms with Gasteiger partial charge in [0, 0.05) is 0 Å². The zero-order valence-corrected chi connectivity index (χ0v) is 13.2. The summed E-state index contributed by atoms with van der Waals surface area (Å²) >= 11 is 0. The summed E-state index contributed by atoms with van der Waals surface area (Å²) < 4.78 is 0. The molecule has 0 aromatic heterocycles. The molecule has 4 aliphatic carbocycles. The molecule has 1 nitrogen and oxygen atoms in total. The molecule has 1 unspecified atom stereocenters. The van der Waals surface area contributed by atoms with Crippen LogP contribution in [-0.2, 0) is 0 Å². The lowest BCUT2D eigenvalue weighted by atomic mass is 9.47. The van der Waals surface area contributed by atoms with Crippen LogP contribution >= 0.6 is 0 Å². The van der Waals surface area contributed by atoms with Crippen molar-refractivity contribution in [3.63, 3.8) is 0 Å². The SMILES string of the molecule is C[C@]12CC[C@H]3[C@@H](CCC4=CCCC[C@@]43C)[C@@H]1CC(O)C2. The van der Waals surface area contributed by atoms with Gasteiger partial charge in [0.15, 0.2) is 0 Å². The number of aliphatic hydroxyl groups is 1. The van der Waals surface area contributed by atoms with Crippen LogP contribution in [0.25, 0.3) is 0 Å². The first kappa shape index (κ1) is 13.4. The van der Waals surface area contributed by atoms with E-state index in [2.05, 4.69) is 19.9 Å². The Bertz CT molecular complexity index is 439. The van der Waals surface area contributed by atoms with E-state index in [4.69, 9.17) is 0 Å². The zero-order chi connectivity index (χ0) is 14.0. The van der Waals surface area contributed by atoms with Crippen molar-refractivity contribution >= 4 is 0 Å². The van der Waals surface area contributed by atoms with Gasteiger partial charge in [0.1, 0.15) is 0 Å². The van der Waals surface area contributed by atoms with Crippen LogP contribution in [0, 0.1) is 28.6 Å². The van der Waals surface area contributed by atoms with Gasteiger partial charge in [-0.3, -0.25) is 0 Å². The molecular formula is C19H30O. The monoisotopic (exact) mass is 274 g/mol. The number of hydrogen-bond acceptors (Lipinski definition) is 1. The quantitative estimate of drug-likeness (QED) is 0.635. The van der Waals surface area contributed by atoms with E-state index < -0.39 is 0 Å². The normalized spacial score (nSPS) is 54.6. The molecule has 4 rings (SSSR count). The predicted octanol–water partition coefficient (Wildman–Crippen LogP) is 4.70. The summed E-state index contributed by atoms with van der Waals surface area (Å²) in [5, 5.41) is 10.2. The third-order valence-corrected chi connectivity index (χ3v) is 7.77. The van der Waals surface area contributed by atoms with E-state index in [-0.39, 0.29) is 6.10 Å². The molecule has 0 amide bonds. The topological polar surface area (TPSA) is 20.2 Å². The van der Waals surface area contributed by atoms with E-state index in [1.165, 1.54) is 44.9 Å². The van der Waals surface area contributed by atoms with Crippen molar-refractivity contribution in [2.24, 2.45) is 28.6 Å². The highest BCUT2D eigenvalue weighted by molar-refractivity contribution is 5.23. The second-order valence-electron chi connectivity index (χ2n) is 8.74. The Morgan fingerprint density at radius 3 is 2.85 bits per heavy atom. The molecule has 3 fully saturated rings. The second-order valence-corrected chi connectivity index (χ2v) is 8.74. The summed E-state index contributed by atoms with van der Waals surface area (Å²) in [5.41, 5.74) is 2.76. The average molecular weight is 274 g/mol. The molecule has 0 heterocycles. The Balaban J connectivity index is 1.68. The van der Waals surface area contributed by atoms with Crippen molar-refractivity contribution < 1.29 is 5.11 Å². The second kappa shape index (κ2) is 4.35. The van der Waals surface area contributed by atoms with Gasteiger partial charge in [0.2, 0.25) is 0 Å². The lowest BCUT2D eigenvalue weighted by Gasteiger charge is -2.57. The van der Waals surface area contributed by atoms with Gasteiger partial charge in [-0.05, 0) is 86.4 Å². The van der Waals surface area contributed by atoms with Gasteiger partial charge in [-0.2, -0.15) is 0 Å². The highest BCUT2D eigenvalue weighted by Crippen LogP contribution is 2.65. The minimum absolute atomic E-state index is 0.0140. The Kier molecular flexibility index (Phi) is 2.91. The maximum atomic E-state index is 10.2. The maximum Gasteiger partial charge on any atom is 0.0548 e. The standard InChI is InChI=1S/C19H30O/c1-18-10-8-16-15(17(18)11-14(20)12-18)7-6-13-5-3-4-9-19(13,16)2/h5,14-17,20H,3-4,6-12H2,1-2H3/t14?,15-,16+,17+,18-,19+/m1/s1. The fourth-order valence-electron chi connectivity index (χ4n) is 6.78. The van der Waals surface area contributed by atoms with Crippen molar-refractivity contribution in [1.29, 1.82) is 0 Å². The van der Waals surface area contributed by atoms with Gasteiger partial charge in [0.25, 0.3) is 0 Å². The minimum atomic E-state index is -0.0140. The molecule has 0 saturated heterocycles. The third kappa shape index (κ3) is 1.71. The van der Waals surface area contributed by atoms with Crippen LogP contribution in [0.2, 0.25) is 0 Å². The van der Waals surface area contributed by atoms with Crippen LogP contribution in [0.4, 0.5) is 0 Å². The Morgan fingerprint density at radius 1 is 1.15 bits per heavy atom. The van der Waals surface area contributed by atoms with Crippen molar-refractivity contribution in [1.82, 2.24) is 0 Å². The van der Waals surface area contributed by atoms with E-state index in [0.29, 0.717) is 10.8 Å². The molecule has 0 aliphatic heterocycles. The molecule has 0 aromatic rings. The third-order valence-electron chi connectivity index (χ3n) is 7.77. The lowest BCUT2D eigenvalue weighted by molar-refractivity contribution is -0.0360. The maximum absolute atomic E-state index is 10.2. The summed E-state index contributed by atoms with van der Waals surface area (Å²) in [6, 6.07) is 0. The zero-order valence-electron chi connectivity index (χ0n) is 13.2. The fraction of sp³-hybridized carbons (Fsp3) is 0.895. The molecule has 0 bridgehead atoms. The summed E-state index contributed by atoms with van der Waals surface area (Å²) in [6.45, 7) is 5.04. The molecule has 0 aromatic carbocycles. The van der Waals surface area contributed by atoms with Crippen LogP contribution in [0.15, 0.2) is 11.6 Å². The Labute approximate surface area is 123 Å². The van der Waals surface area contributed by atoms with E-state index in [1.807, 2.05) is 0 Å². The number of allylic oxidation sites excluding steroid dienone is 2. The summed E-state index contributed by atoms with van der Waals surface area (Å²) in [7, 11) is 0. The minimum Gasteiger partial charge on any atom is -0.393 e. The molecule has 20 heavy (non-hydrogen) atoms. The molecule has 0 spiro atoms. The molecule has 1 heteroatoms. The van der Waals surface area contributed by atoms with E-state index in [0.717, 1.165) is 30.6 Å². The first-order chi connectivity index (χ1) is 9.53. The molecule has 6 atom stereocenters. The predicted molar refractivity (Wildman–Crippen MR) is 82.3 cm³/mol. The molecule has 3 saturated carbocycles. The fourth-order valence-corrected chi connectivity index (χ4v) is 6.78. The van der Waals surface area contributed by atoms with Crippen LogP contribution in [-0.4, -0.2) is 11.2 Å². The smallest absolute Gasteiger partial charge is 0.0548 e. The molecule has 4 aliphatic rings. The van der Waals surface area contributed by atoms with Crippen LogP contribution in [0.5, 0.6) is 0 Å². The van der Waals surface area contributed by atoms with Crippen molar-refractivity contribution in [2.75, 3.05) is 0 Å². The van der Waals surface area contributed by atoms with Crippen LogP contribution < -0.4 is 0 Å². The number of hydrogen-bond donors (Lipinski definition) is 1. The molecule has 112 valence electrons. The summed E-state index contributed by atoms with van der Waals surface area (Å²) in [6.07, 6.45) is 14.4. The number of aliphatic hydroxyl groups excluding tert-OH is 1. The van der Waals surface area contributed by atoms with Crippen molar-refractivity contribution in [2.45, 2.75) is 77.7 Å². The number of fused-ring (bicyclic) bond motifs is 5. The van der Waals surface area contributed by atoms with Crippen LogP contribution in [0.1, 0.15) is 71.6 Å². The van der Waals surface area contributed by atoms with Gasteiger partial charge in [0.05, 0.1) is 6.10 Å². The highest BCUT2D eigenvalue weighted by Gasteiger charge is 2.57. The molecule has 1 N–H and O–H groups in total. The molecular weight excluding hydrogens is 244 g/mol. The summed E-state index contributed by atoms with van der Waals surface area (Å²) in [4.78, 5) is 0. The number of rotatable bonds is 0. The van der Waals surface area contributed by atoms with E-state index >= 15 is 0 Å². The van der Waals surface area contributed by atoms with Gasteiger partial charge in [-0.25, -0.2) is 0 Å². The van der Waals surface area contributed by atoms with Crippen molar-refractivity contribution in [3.05, 3.63) is 11.6 Å². The first-order valence-electron chi connectivity index (χ1n) is 8.90. The van der Waals surface area contributed by atoms with Gasteiger partial charge >= 0.3 is 0 Å². The largest absolute Gasteiger partial charge is 0.393 e. The highest BCUT2D eigenvalue weighted by atomic mass is 16.3. The lowest BCUT2D eigenvalue weighted by Crippen LogP contribution is -2.48. The van der Waals surface area contributed by atoms with Crippen molar-refractivity contribution in [3.8, 4) is 0 Å². The van der Waals surface area contributed by atoms with Gasteiger partial charge in [-0.15, -0.1) is 0 Å². The average Bonchev–Trinajstić information content (AvgIpc) is 2.72. The van der Waals surface area contributed by atoms with Crippen LogP contribution in [0.3, 0.4) is 0 Å². The Hall–Kier alpha value is -0.300. The van der Waals surface area contributed by atoms with Gasteiger partial charge in [-0.1, -0.05) is 25.5 Å².